The lowest BCUT2D eigenvalue weighted by molar-refractivity contribution is -0.135. The molecule has 2 aliphatic heterocycles. The second-order valence-electron chi connectivity index (χ2n) is 9.44. The Hall–Kier alpha value is -1.79. The second kappa shape index (κ2) is 9.61. The first kappa shape index (κ1) is 22.5. The van der Waals surface area contributed by atoms with Gasteiger partial charge in [-0.2, -0.15) is 0 Å². The number of nitrogens with one attached hydrogen (secondary N) is 1. The van der Waals surface area contributed by atoms with Gasteiger partial charge in [-0.1, -0.05) is 13.8 Å². The molecule has 160 valence electrons. The third-order valence-electron chi connectivity index (χ3n) is 5.41. The van der Waals surface area contributed by atoms with Crippen LogP contribution in [0.5, 0.6) is 0 Å². The van der Waals surface area contributed by atoms with E-state index in [1.54, 1.807) is 4.90 Å². The van der Waals surface area contributed by atoms with Gasteiger partial charge >= 0.3 is 6.09 Å². The van der Waals surface area contributed by atoms with E-state index < -0.39 is 5.60 Å². The van der Waals surface area contributed by atoms with Crippen molar-refractivity contribution < 1.29 is 19.1 Å². The predicted octanol–water partition coefficient (Wildman–Crippen LogP) is 2.79. The minimum absolute atomic E-state index is 0.0256. The second-order valence-corrected chi connectivity index (χ2v) is 9.44. The van der Waals surface area contributed by atoms with Gasteiger partial charge in [-0.05, 0) is 52.4 Å². The van der Waals surface area contributed by atoms with Crippen molar-refractivity contribution in [1.29, 1.82) is 0 Å². The molecular formula is C21H37N3O4. The summed E-state index contributed by atoms with van der Waals surface area (Å²) >= 11 is 0. The largest absolute Gasteiger partial charge is 0.444 e. The average Bonchev–Trinajstić information content (AvgIpc) is 2.60. The molecule has 0 aromatic rings. The summed E-state index contributed by atoms with van der Waals surface area (Å²) in [6, 6.07) is 0.158. The molecule has 0 unspecified atom stereocenters. The summed E-state index contributed by atoms with van der Waals surface area (Å²) in [4.78, 5) is 40.2. The highest BCUT2D eigenvalue weighted by molar-refractivity contribution is 5.78. The van der Waals surface area contributed by atoms with Crippen molar-refractivity contribution in [2.45, 2.75) is 78.4 Å². The fourth-order valence-electron chi connectivity index (χ4n) is 3.80. The van der Waals surface area contributed by atoms with Gasteiger partial charge in [0.25, 0.3) is 0 Å². The lowest BCUT2D eigenvalue weighted by atomic mass is 9.93. The molecule has 1 N–H and O–H groups in total. The van der Waals surface area contributed by atoms with Crippen molar-refractivity contribution in [3.63, 3.8) is 0 Å². The normalized spacial score (nSPS) is 19.6. The molecule has 7 nitrogen and oxygen atoms in total. The zero-order valence-electron chi connectivity index (χ0n) is 18.1. The predicted molar refractivity (Wildman–Crippen MR) is 108 cm³/mol. The van der Waals surface area contributed by atoms with Gasteiger partial charge in [0.15, 0.2) is 0 Å². The molecule has 2 rings (SSSR count). The number of piperidine rings is 2. The molecule has 0 atom stereocenters. The number of ether oxygens (including phenoxy) is 1. The van der Waals surface area contributed by atoms with E-state index in [-0.39, 0.29) is 29.9 Å². The van der Waals surface area contributed by atoms with Crippen molar-refractivity contribution in [1.82, 2.24) is 15.1 Å². The van der Waals surface area contributed by atoms with Gasteiger partial charge in [-0.15, -0.1) is 0 Å². The standard InChI is InChI=1S/C21H37N3O4/c1-15(2)19(26)23-12-8-17(9-13-23)22-18(25)14-16-6-10-24(11-7-16)20(27)28-21(3,4)5/h15-17H,6-14H2,1-5H3,(H,22,25). The average molecular weight is 396 g/mol. The first-order chi connectivity index (χ1) is 13.0. The van der Waals surface area contributed by atoms with E-state index in [4.69, 9.17) is 4.74 Å². The smallest absolute Gasteiger partial charge is 0.410 e. The van der Waals surface area contributed by atoms with Crippen LogP contribution in [0.15, 0.2) is 0 Å². The quantitative estimate of drug-likeness (QED) is 0.794. The van der Waals surface area contributed by atoms with Crippen LogP contribution in [-0.2, 0) is 14.3 Å². The minimum Gasteiger partial charge on any atom is -0.444 e. The number of carbonyl (C=O) groups excluding carboxylic acids is 3. The third kappa shape index (κ3) is 6.99. The summed E-state index contributed by atoms with van der Waals surface area (Å²) < 4.78 is 5.41. The fraction of sp³-hybridized carbons (Fsp3) is 0.857. The Balaban J connectivity index is 1.67. The molecule has 0 aromatic carbocycles. The number of hydrogen-bond donors (Lipinski definition) is 1. The van der Waals surface area contributed by atoms with Crippen LogP contribution in [0.2, 0.25) is 0 Å². The van der Waals surface area contributed by atoms with Crippen LogP contribution in [0.25, 0.3) is 0 Å². The zero-order chi connectivity index (χ0) is 20.9. The molecule has 7 heteroatoms. The first-order valence-corrected chi connectivity index (χ1v) is 10.6. The topological polar surface area (TPSA) is 79.0 Å². The van der Waals surface area contributed by atoms with Gasteiger partial charge in [0, 0.05) is 44.6 Å². The van der Waals surface area contributed by atoms with Crippen molar-refractivity contribution in [3.05, 3.63) is 0 Å². The van der Waals surface area contributed by atoms with Gasteiger partial charge in [0.2, 0.25) is 11.8 Å². The molecule has 3 amide bonds. The van der Waals surface area contributed by atoms with Gasteiger partial charge in [-0.25, -0.2) is 4.79 Å². The summed E-state index contributed by atoms with van der Waals surface area (Å²) in [7, 11) is 0. The monoisotopic (exact) mass is 395 g/mol. The number of carbonyl (C=O) groups is 3. The zero-order valence-corrected chi connectivity index (χ0v) is 18.1. The van der Waals surface area contributed by atoms with Crippen molar-refractivity contribution in [2.75, 3.05) is 26.2 Å². The maximum absolute atomic E-state index is 12.4. The fourth-order valence-corrected chi connectivity index (χ4v) is 3.80. The number of rotatable bonds is 4. The highest BCUT2D eigenvalue weighted by Crippen LogP contribution is 2.22. The molecule has 0 radical (unpaired) electrons. The summed E-state index contributed by atoms with van der Waals surface area (Å²) in [6.45, 7) is 12.2. The number of nitrogens with zero attached hydrogens (tertiary/aromatic N) is 2. The van der Waals surface area contributed by atoms with Crippen LogP contribution in [0, 0.1) is 11.8 Å². The SMILES string of the molecule is CC(C)C(=O)N1CCC(NC(=O)CC2CCN(C(=O)OC(C)(C)C)CC2)CC1. The van der Waals surface area contributed by atoms with E-state index in [1.165, 1.54) is 0 Å². The van der Waals surface area contributed by atoms with Crippen molar-refractivity contribution in [3.8, 4) is 0 Å². The highest BCUT2D eigenvalue weighted by Gasteiger charge is 2.29. The Morgan fingerprint density at radius 1 is 0.964 bits per heavy atom. The van der Waals surface area contributed by atoms with Crippen LogP contribution >= 0.6 is 0 Å². The van der Waals surface area contributed by atoms with Gasteiger partial charge in [0.05, 0.1) is 0 Å². The summed E-state index contributed by atoms with van der Waals surface area (Å²) in [5.74, 6) is 0.616. The Kier molecular flexibility index (Phi) is 7.72. The molecule has 2 fully saturated rings. The van der Waals surface area contributed by atoms with Crippen LogP contribution in [0.1, 0.15) is 66.7 Å². The molecule has 2 aliphatic rings. The van der Waals surface area contributed by atoms with Gasteiger partial charge < -0.3 is 19.9 Å². The molecule has 0 aromatic heterocycles. The van der Waals surface area contributed by atoms with E-state index in [9.17, 15) is 14.4 Å². The maximum atomic E-state index is 12.4. The Bertz CT molecular complexity index is 554. The maximum Gasteiger partial charge on any atom is 0.410 e. The Labute approximate surface area is 169 Å². The third-order valence-corrected chi connectivity index (χ3v) is 5.41. The molecule has 0 bridgehead atoms. The lowest BCUT2D eigenvalue weighted by Gasteiger charge is -2.35. The highest BCUT2D eigenvalue weighted by atomic mass is 16.6. The lowest BCUT2D eigenvalue weighted by Crippen LogP contribution is -2.48. The van der Waals surface area contributed by atoms with Crippen LogP contribution < -0.4 is 5.32 Å². The number of amides is 3. The Morgan fingerprint density at radius 3 is 2.00 bits per heavy atom. The van der Waals surface area contributed by atoms with Gasteiger partial charge in [0.1, 0.15) is 5.60 Å². The summed E-state index contributed by atoms with van der Waals surface area (Å²) in [5.41, 5.74) is -0.483. The van der Waals surface area contributed by atoms with Crippen molar-refractivity contribution >= 4 is 17.9 Å². The molecule has 28 heavy (non-hydrogen) atoms. The molecule has 2 heterocycles. The number of likely N-dealkylation sites (tertiary alicyclic amines) is 2. The molecule has 0 spiro atoms. The Morgan fingerprint density at radius 2 is 1.50 bits per heavy atom. The van der Waals surface area contributed by atoms with Crippen LogP contribution in [0.4, 0.5) is 4.79 Å². The summed E-state index contributed by atoms with van der Waals surface area (Å²) in [5, 5.41) is 3.14. The minimum atomic E-state index is -0.483. The van der Waals surface area contributed by atoms with E-state index >= 15 is 0 Å². The first-order valence-electron chi connectivity index (χ1n) is 10.6. The molecule has 0 saturated carbocycles. The molecule has 2 saturated heterocycles. The van der Waals surface area contributed by atoms with E-state index in [1.807, 2.05) is 39.5 Å². The van der Waals surface area contributed by atoms with E-state index in [0.29, 0.717) is 25.4 Å². The summed E-state index contributed by atoms with van der Waals surface area (Å²) in [6.07, 6.45) is 3.54. The molecular weight excluding hydrogens is 358 g/mol. The van der Waals surface area contributed by atoms with Crippen molar-refractivity contribution in [2.24, 2.45) is 11.8 Å². The van der Waals surface area contributed by atoms with Crippen LogP contribution in [-0.4, -0.2) is 65.5 Å². The van der Waals surface area contributed by atoms with Crippen LogP contribution in [0.3, 0.4) is 0 Å². The van der Waals surface area contributed by atoms with E-state index in [0.717, 1.165) is 38.8 Å². The number of hydrogen-bond acceptors (Lipinski definition) is 4. The van der Waals surface area contributed by atoms with E-state index in [2.05, 4.69) is 5.32 Å². The molecule has 0 aliphatic carbocycles. The van der Waals surface area contributed by atoms with Gasteiger partial charge in [-0.3, -0.25) is 9.59 Å².